The van der Waals surface area contributed by atoms with Crippen LogP contribution in [0.5, 0.6) is 0 Å². The summed E-state index contributed by atoms with van der Waals surface area (Å²) in [5.41, 5.74) is 0. The van der Waals surface area contributed by atoms with Gasteiger partial charge in [-0.25, -0.2) is 4.79 Å². The summed E-state index contributed by atoms with van der Waals surface area (Å²) in [5.74, 6) is 0. The lowest BCUT2D eigenvalue weighted by Crippen LogP contribution is -2.45. The molecule has 0 atom stereocenters. The second-order valence-electron chi connectivity index (χ2n) is 17.0. The van der Waals surface area contributed by atoms with Crippen LogP contribution in [0, 0.1) is 0 Å². The Hall–Kier alpha value is -0.730. The highest BCUT2D eigenvalue weighted by Gasteiger charge is 2.20. The van der Waals surface area contributed by atoms with E-state index in [0.29, 0.717) is 6.03 Å². The van der Waals surface area contributed by atoms with Gasteiger partial charge in [0, 0.05) is 26.2 Å². The van der Waals surface area contributed by atoms with Crippen molar-refractivity contribution in [3.8, 4) is 0 Å². The molecule has 0 aliphatic heterocycles. The summed E-state index contributed by atoms with van der Waals surface area (Å²) in [6, 6.07) is 0.374. The predicted molar refractivity (Wildman–Crippen MR) is 236 cm³/mol. The number of carbonyl (C=O) groups is 1. The Bertz CT molecular complexity index is 564. The molecule has 0 spiro atoms. The molecule has 0 bridgehead atoms. The van der Waals surface area contributed by atoms with E-state index in [0.717, 1.165) is 26.2 Å². The van der Waals surface area contributed by atoms with Crippen LogP contribution in [0.4, 0.5) is 4.79 Å². The summed E-state index contributed by atoms with van der Waals surface area (Å²) in [5, 5.41) is 0. The van der Waals surface area contributed by atoms with Crippen molar-refractivity contribution in [3.63, 3.8) is 0 Å². The minimum atomic E-state index is 0.374. The standard InChI is InChI=1S/C49H100N2O/c1-5-9-13-17-21-25-29-33-37-41-45-50(46-42-38-34-30-26-22-18-14-10-6-2)49(52)51(47-43-39-35-31-27-23-19-15-11-7-3)48-44-40-36-32-28-24-20-16-12-8-4/h5-48H2,1-4H3. The maximum Gasteiger partial charge on any atom is 0.319 e. The monoisotopic (exact) mass is 733 g/mol. The van der Waals surface area contributed by atoms with E-state index in [1.54, 1.807) is 0 Å². The van der Waals surface area contributed by atoms with Crippen LogP contribution in [0.15, 0.2) is 0 Å². The molecule has 0 saturated heterocycles. The molecule has 0 N–H and O–H groups in total. The van der Waals surface area contributed by atoms with Crippen LogP contribution in [-0.2, 0) is 0 Å². The van der Waals surface area contributed by atoms with Crippen molar-refractivity contribution >= 4 is 6.03 Å². The third kappa shape index (κ3) is 37.6. The number of hydrogen-bond donors (Lipinski definition) is 0. The Morgan fingerprint density at radius 2 is 0.365 bits per heavy atom. The van der Waals surface area contributed by atoms with Gasteiger partial charge >= 0.3 is 6.03 Å². The molecule has 0 aliphatic carbocycles. The van der Waals surface area contributed by atoms with Crippen molar-refractivity contribution in [1.82, 2.24) is 9.80 Å². The zero-order valence-corrected chi connectivity index (χ0v) is 36.9. The van der Waals surface area contributed by atoms with Crippen LogP contribution in [-0.4, -0.2) is 42.0 Å². The second kappa shape index (κ2) is 44.7. The summed E-state index contributed by atoms with van der Waals surface area (Å²) in [6.45, 7) is 13.1. The summed E-state index contributed by atoms with van der Waals surface area (Å²) in [4.78, 5) is 18.9. The van der Waals surface area contributed by atoms with Crippen molar-refractivity contribution in [2.45, 2.75) is 285 Å². The number of rotatable bonds is 44. The van der Waals surface area contributed by atoms with E-state index >= 15 is 0 Å². The lowest BCUT2D eigenvalue weighted by Gasteiger charge is -2.31. The number of urea groups is 1. The van der Waals surface area contributed by atoms with E-state index in [9.17, 15) is 4.79 Å². The van der Waals surface area contributed by atoms with Gasteiger partial charge in [-0.15, -0.1) is 0 Å². The van der Waals surface area contributed by atoms with Gasteiger partial charge in [0.05, 0.1) is 0 Å². The largest absolute Gasteiger partial charge is 0.325 e. The molecule has 0 aromatic carbocycles. The quantitative estimate of drug-likeness (QED) is 0.0572. The van der Waals surface area contributed by atoms with Crippen LogP contribution in [0.2, 0.25) is 0 Å². The molecule has 0 aromatic rings. The zero-order valence-electron chi connectivity index (χ0n) is 36.9. The maximum atomic E-state index is 14.3. The van der Waals surface area contributed by atoms with E-state index < -0.39 is 0 Å². The van der Waals surface area contributed by atoms with Crippen molar-refractivity contribution in [1.29, 1.82) is 0 Å². The molecule has 312 valence electrons. The molecule has 52 heavy (non-hydrogen) atoms. The molecule has 2 amide bonds. The van der Waals surface area contributed by atoms with Gasteiger partial charge in [-0.05, 0) is 25.7 Å². The molecule has 3 nitrogen and oxygen atoms in total. The molecule has 0 fully saturated rings. The van der Waals surface area contributed by atoms with Gasteiger partial charge < -0.3 is 9.80 Å². The van der Waals surface area contributed by atoms with Gasteiger partial charge in [-0.1, -0.05) is 259 Å². The Morgan fingerprint density at radius 1 is 0.231 bits per heavy atom. The van der Waals surface area contributed by atoms with Crippen molar-refractivity contribution in [2.24, 2.45) is 0 Å². The van der Waals surface area contributed by atoms with Gasteiger partial charge in [-0.3, -0.25) is 0 Å². The molecule has 3 heteroatoms. The fourth-order valence-corrected chi connectivity index (χ4v) is 7.97. The molecular weight excluding hydrogens is 633 g/mol. The lowest BCUT2D eigenvalue weighted by atomic mass is 10.1. The second-order valence-corrected chi connectivity index (χ2v) is 17.0. The van der Waals surface area contributed by atoms with Crippen molar-refractivity contribution in [3.05, 3.63) is 0 Å². The Kier molecular flexibility index (Phi) is 44.0. The fraction of sp³-hybridized carbons (Fsp3) is 0.980. The number of hydrogen-bond acceptors (Lipinski definition) is 1. The lowest BCUT2D eigenvalue weighted by molar-refractivity contribution is 0.148. The van der Waals surface area contributed by atoms with Crippen LogP contribution in [0.1, 0.15) is 285 Å². The molecule has 0 saturated carbocycles. The highest BCUT2D eigenvalue weighted by atomic mass is 16.2. The van der Waals surface area contributed by atoms with Gasteiger partial charge in [0.25, 0.3) is 0 Å². The van der Waals surface area contributed by atoms with E-state index in [4.69, 9.17) is 0 Å². The van der Waals surface area contributed by atoms with Crippen LogP contribution in [0.25, 0.3) is 0 Å². The Labute approximate surface area is 330 Å². The number of unbranched alkanes of at least 4 members (excludes halogenated alkanes) is 36. The van der Waals surface area contributed by atoms with Gasteiger partial charge in [0.1, 0.15) is 0 Å². The molecule has 0 aliphatic rings. The average Bonchev–Trinajstić information content (AvgIpc) is 3.15. The number of carbonyl (C=O) groups excluding carboxylic acids is 1. The molecular formula is C49H100N2O. The minimum absolute atomic E-state index is 0.374. The normalized spacial score (nSPS) is 11.5. The van der Waals surface area contributed by atoms with Crippen LogP contribution >= 0.6 is 0 Å². The predicted octanol–water partition coefficient (Wildman–Crippen LogP) is 17.4. The summed E-state index contributed by atoms with van der Waals surface area (Å²) < 4.78 is 0. The third-order valence-electron chi connectivity index (χ3n) is 11.7. The Balaban J connectivity index is 4.93. The third-order valence-corrected chi connectivity index (χ3v) is 11.7. The molecule has 0 radical (unpaired) electrons. The summed E-state index contributed by atoms with van der Waals surface area (Å²) >= 11 is 0. The highest BCUT2D eigenvalue weighted by molar-refractivity contribution is 5.74. The molecule has 0 aromatic heterocycles. The summed E-state index contributed by atoms with van der Waals surface area (Å²) in [7, 11) is 0. The van der Waals surface area contributed by atoms with E-state index in [1.165, 1.54) is 257 Å². The van der Waals surface area contributed by atoms with Crippen LogP contribution in [0.3, 0.4) is 0 Å². The molecule has 0 heterocycles. The smallest absolute Gasteiger partial charge is 0.319 e. The first-order chi connectivity index (χ1) is 25.7. The van der Waals surface area contributed by atoms with Gasteiger partial charge in [-0.2, -0.15) is 0 Å². The first kappa shape index (κ1) is 51.3. The minimum Gasteiger partial charge on any atom is -0.325 e. The van der Waals surface area contributed by atoms with E-state index in [2.05, 4.69) is 37.5 Å². The number of nitrogens with zero attached hydrogens (tertiary/aromatic N) is 2. The highest BCUT2D eigenvalue weighted by Crippen LogP contribution is 2.17. The number of amides is 2. The SMILES string of the molecule is CCCCCCCCCCCCN(CCCCCCCCCCCC)C(=O)N(CCCCCCCCCCCC)CCCCCCCCCCCC. The van der Waals surface area contributed by atoms with Gasteiger partial charge in [0.15, 0.2) is 0 Å². The van der Waals surface area contributed by atoms with Crippen molar-refractivity contribution < 1.29 is 4.79 Å². The topological polar surface area (TPSA) is 23.6 Å². The average molecular weight is 733 g/mol. The fourth-order valence-electron chi connectivity index (χ4n) is 7.97. The molecule has 0 unspecified atom stereocenters. The van der Waals surface area contributed by atoms with Crippen LogP contribution < -0.4 is 0 Å². The Morgan fingerprint density at radius 3 is 0.519 bits per heavy atom. The first-order valence-corrected chi connectivity index (χ1v) is 24.7. The first-order valence-electron chi connectivity index (χ1n) is 24.7. The van der Waals surface area contributed by atoms with Crippen molar-refractivity contribution in [2.75, 3.05) is 26.2 Å². The zero-order chi connectivity index (χ0) is 37.8. The molecule has 0 rings (SSSR count). The van der Waals surface area contributed by atoms with Gasteiger partial charge in [0.2, 0.25) is 0 Å². The maximum absolute atomic E-state index is 14.3. The van der Waals surface area contributed by atoms with E-state index in [-0.39, 0.29) is 0 Å². The van der Waals surface area contributed by atoms with E-state index in [1.807, 2.05) is 0 Å². The summed E-state index contributed by atoms with van der Waals surface area (Å²) in [6.07, 6.45) is 54.3.